The van der Waals surface area contributed by atoms with Crippen molar-refractivity contribution in [1.29, 1.82) is 0 Å². The number of carbonyl (C=O) groups is 1. The third-order valence-corrected chi connectivity index (χ3v) is 1.51. The first kappa shape index (κ1) is 12.3. The summed E-state index contributed by atoms with van der Waals surface area (Å²) in [6.45, 7) is -0.843. The third-order valence-electron chi connectivity index (χ3n) is 1.51. The summed E-state index contributed by atoms with van der Waals surface area (Å²) in [6.07, 6.45) is -7.84. The van der Waals surface area contributed by atoms with Crippen LogP contribution in [0.4, 0.5) is 0 Å². The molecule has 6 N–H and O–H groups in total. The predicted octanol–water partition coefficient (Wildman–Crippen LogP) is -3.49. The Morgan fingerprint density at radius 2 is 1.54 bits per heavy atom. The van der Waals surface area contributed by atoms with Crippen LogP contribution >= 0.6 is 0 Å². The monoisotopic (exact) mass is 196 g/mol. The molecular weight excluding hydrogens is 184 g/mol. The van der Waals surface area contributed by atoms with Gasteiger partial charge in [0.05, 0.1) is 6.61 Å². The van der Waals surface area contributed by atoms with E-state index in [0.717, 1.165) is 0 Å². The molecule has 4 atom stereocenters. The van der Waals surface area contributed by atoms with E-state index in [4.69, 9.17) is 30.6 Å². The lowest BCUT2D eigenvalue weighted by Gasteiger charge is -2.23. The molecule has 0 aliphatic heterocycles. The molecule has 13 heavy (non-hydrogen) atoms. The molecule has 0 fully saturated rings. The van der Waals surface area contributed by atoms with E-state index in [1.54, 1.807) is 0 Å². The van der Waals surface area contributed by atoms with Gasteiger partial charge in [-0.1, -0.05) is 0 Å². The molecule has 78 valence electrons. The highest BCUT2D eigenvalue weighted by molar-refractivity contribution is 5.72. The third kappa shape index (κ3) is 3.25. The van der Waals surface area contributed by atoms with Crippen LogP contribution in [0.3, 0.4) is 0 Å². The lowest BCUT2D eigenvalue weighted by molar-refractivity contribution is -0.164. The molecule has 0 radical (unpaired) electrons. The summed E-state index contributed by atoms with van der Waals surface area (Å²) >= 11 is 0. The average molecular weight is 196 g/mol. The van der Waals surface area contributed by atoms with Crippen molar-refractivity contribution in [2.45, 2.75) is 24.4 Å². The molecule has 0 aromatic carbocycles. The fourth-order valence-electron chi connectivity index (χ4n) is 0.668. The first-order valence-corrected chi connectivity index (χ1v) is 3.47. The molecule has 0 saturated carbocycles. The highest BCUT2D eigenvalue weighted by Gasteiger charge is 2.33. The van der Waals surface area contributed by atoms with Crippen LogP contribution in [0.25, 0.3) is 0 Å². The van der Waals surface area contributed by atoms with E-state index in [9.17, 15) is 4.79 Å². The predicted molar refractivity (Wildman–Crippen MR) is 38.7 cm³/mol. The van der Waals surface area contributed by atoms with E-state index in [1.165, 1.54) is 0 Å². The van der Waals surface area contributed by atoms with Crippen molar-refractivity contribution in [3.63, 3.8) is 0 Å². The van der Waals surface area contributed by atoms with Crippen LogP contribution in [0.2, 0.25) is 0 Å². The van der Waals surface area contributed by atoms with Gasteiger partial charge in [0.1, 0.15) is 18.3 Å². The minimum atomic E-state index is -2.20. The summed E-state index contributed by atoms with van der Waals surface area (Å²) in [7, 11) is 0. The maximum Gasteiger partial charge on any atom is 0.335 e. The van der Waals surface area contributed by atoms with Gasteiger partial charge in [0.25, 0.3) is 0 Å². The van der Waals surface area contributed by atoms with Crippen LogP contribution in [-0.4, -0.2) is 67.6 Å². The van der Waals surface area contributed by atoms with Gasteiger partial charge in [0, 0.05) is 0 Å². The molecule has 0 heterocycles. The molecular formula is C6H12O7. The van der Waals surface area contributed by atoms with Crippen LogP contribution in [0.5, 0.6) is 0 Å². The van der Waals surface area contributed by atoms with E-state index in [0.29, 0.717) is 0 Å². The zero-order valence-corrected chi connectivity index (χ0v) is 6.61. The molecule has 0 bridgehead atoms. The van der Waals surface area contributed by atoms with Gasteiger partial charge in [-0.2, -0.15) is 0 Å². The molecule has 0 rings (SSSR count). The van der Waals surface area contributed by atoms with Gasteiger partial charge in [-0.3, -0.25) is 0 Å². The summed E-state index contributed by atoms with van der Waals surface area (Å²) in [6, 6.07) is 0. The Labute approximate surface area is 73.5 Å². The SMILES string of the molecule is O=C(O)[C@H](O)[C@@H](O)[C@@H](O)[C@@H](O)CO. The smallest absolute Gasteiger partial charge is 0.335 e. The molecule has 0 unspecified atom stereocenters. The summed E-state index contributed by atoms with van der Waals surface area (Å²) in [5.74, 6) is -1.73. The van der Waals surface area contributed by atoms with E-state index < -0.39 is 37.0 Å². The Kier molecular flexibility index (Phi) is 4.81. The van der Waals surface area contributed by atoms with Crippen LogP contribution in [0.15, 0.2) is 0 Å². The highest BCUT2D eigenvalue weighted by atomic mass is 16.4. The van der Waals surface area contributed by atoms with Crippen LogP contribution in [-0.2, 0) is 4.79 Å². The maximum atomic E-state index is 10.1. The molecule has 0 aromatic heterocycles. The standard InChI is InChI=1S/C6H12O7/c7-1-2(8)3(9)4(10)5(11)6(12)13/h2-5,7-11H,1H2,(H,12,13)/t2-,3-,4-,5+/m0/s1. The summed E-state index contributed by atoms with van der Waals surface area (Å²) in [4.78, 5) is 10.1. The molecule has 7 heteroatoms. The van der Waals surface area contributed by atoms with Crippen molar-refractivity contribution < 1.29 is 35.4 Å². The minimum absolute atomic E-state index is 0.843. The van der Waals surface area contributed by atoms with E-state index >= 15 is 0 Å². The zero-order valence-electron chi connectivity index (χ0n) is 6.61. The Hall–Kier alpha value is -0.730. The van der Waals surface area contributed by atoms with Gasteiger partial charge in [-0.05, 0) is 0 Å². The molecule has 0 aromatic rings. The Balaban J connectivity index is 4.24. The second-order valence-electron chi connectivity index (χ2n) is 2.51. The second kappa shape index (κ2) is 5.10. The Morgan fingerprint density at radius 3 is 1.85 bits per heavy atom. The molecule has 0 saturated heterocycles. The van der Waals surface area contributed by atoms with Gasteiger partial charge in [-0.25, -0.2) is 4.79 Å². The van der Waals surface area contributed by atoms with Crippen molar-refractivity contribution in [1.82, 2.24) is 0 Å². The number of carboxylic acid groups (broad SMARTS) is 1. The van der Waals surface area contributed by atoms with Crippen LogP contribution < -0.4 is 0 Å². The largest absolute Gasteiger partial charge is 0.479 e. The zero-order chi connectivity index (χ0) is 10.6. The van der Waals surface area contributed by atoms with E-state index in [1.807, 2.05) is 0 Å². The lowest BCUT2D eigenvalue weighted by atomic mass is 10.0. The fourth-order valence-corrected chi connectivity index (χ4v) is 0.668. The normalized spacial score (nSPS) is 20.4. The molecule has 0 aliphatic rings. The van der Waals surface area contributed by atoms with Crippen molar-refractivity contribution in [2.24, 2.45) is 0 Å². The van der Waals surface area contributed by atoms with Gasteiger partial charge in [0.2, 0.25) is 0 Å². The number of aliphatic hydroxyl groups is 5. The first-order valence-electron chi connectivity index (χ1n) is 3.47. The topological polar surface area (TPSA) is 138 Å². The van der Waals surface area contributed by atoms with Gasteiger partial charge >= 0.3 is 5.97 Å². The average Bonchev–Trinajstić information content (AvgIpc) is 2.12. The van der Waals surface area contributed by atoms with Gasteiger partial charge in [0.15, 0.2) is 6.10 Å². The second-order valence-corrected chi connectivity index (χ2v) is 2.51. The summed E-state index contributed by atoms with van der Waals surface area (Å²) in [5, 5.41) is 51.8. The lowest BCUT2D eigenvalue weighted by Crippen LogP contribution is -2.48. The van der Waals surface area contributed by atoms with E-state index in [2.05, 4.69) is 0 Å². The Bertz CT molecular complexity index is 170. The fraction of sp³-hybridized carbons (Fsp3) is 0.833. The van der Waals surface area contributed by atoms with Crippen molar-refractivity contribution in [2.75, 3.05) is 6.61 Å². The number of hydrogen-bond donors (Lipinski definition) is 6. The number of aliphatic carboxylic acids is 1. The minimum Gasteiger partial charge on any atom is -0.479 e. The van der Waals surface area contributed by atoms with Crippen molar-refractivity contribution in [3.8, 4) is 0 Å². The number of hydrogen-bond acceptors (Lipinski definition) is 6. The molecule has 0 spiro atoms. The highest BCUT2D eigenvalue weighted by Crippen LogP contribution is 2.04. The summed E-state index contributed by atoms with van der Waals surface area (Å²) < 4.78 is 0. The van der Waals surface area contributed by atoms with E-state index in [-0.39, 0.29) is 0 Å². The molecule has 7 nitrogen and oxygen atoms in total. The maximum absolute atomic E-state index is 10.1. The van der Waals surface area contributed by atoms with Gasteiger partial charge < -0.3 is 30.6 Å². The number of aliphatic hydroxyl groups excluding tert-OH is 5. The van der Waals surface area contributed by atoms with Crippen LogP contribution in [0.1, 0.15) is 0 Å². The Morgan fingerprint density at radius 1 is 1.08 bits per heavy atom. The van der Waals surface area contributed by atoms with Crippen molar-refractivity contribution in [3.05, 3.63) is 0 Å². The number of carboxylic acids is 1. The van der Waals surface area contributed by atoms with Crippen molar-refractivity contribution >= 4 is 5.97 Å². The number of rotatable bonds is 5. The molecule has 0 amide bonds. The summed E-state index contributed by atoms with van der Waals surface area (Å²) in [5.41, 5.74) is 0. The quantitative estimate of drug-likeness (QED) is 0.268. The van der Waals surface area contributed by atoms with Gasteiger partial charge in [-0.15, -0.1) is 0 Å². The van der Waals surface area contributed by atoms with Crippen LogP contribution in [0, 0.1) is 0 Å². The first-order chi connectivity index (χ1) is 5.91. The molecule has 0 aliphatic carbocycles.